The lowest BCUT2D eigenvalue weighted by atomic mass is 9.83. The zero-order chi connectivity index (χ0) is 20.1. The molecule has 1 fully saturated rings. The van der Waals surface area contributed by atoms with Gasteiger partial charge in [0.1, 0.15) is 5.75 Å². The molecule has 0 atom stereocenters. The summed E-state index contributed by atoms with van der Waals surface area (Å²) in [5.74, 6) is 0.847. The molecule has 0 unspecified atom stereocenters. The van der Waals surface area contributed by atoms with Crippen molar-refractivity contribution in [3.63, 3.8) is 0 Å². The molecule has 1 saturated carbocycles. The van der Waals surface area contributed by atoms with Gasteiger partial charge in [-0.05, 0) is 60.2 Å². The lowest BCUT2D eigenvalue weighted by molar-refractivity contribution is 0.262. The van der Waals surface area contributed by atoms with Crippen LogP contribution in [0.1, 0.15) is 43.6 Å². The summed E-state index contributed by atoms with van der Waals surface area (Å²) >= 11 is 0. The summed E-state index contributed by atoms with van der Waals surface area (Å²) in [5.41, 5.74) is 4.88. The van der Waals surface area contributed by atoms with E-state index in [0.717, 1.165) is 16.8 Å². The molecule has 4 rings (SSSR count). The third-order valence-electron chi connectivity index (χ3n) is 5.60. The van der Waals surface area contributed by atoms with E-state index in [0.29, 0.717) is 11.6 Å². The highest BCUT2D eigenvalue weighted by atomic mass is 16.3. The van der Waals surface area contributed by atoms with Gasteiger partial charge in [0.25, 0.3) is 0 Å². The fourth-order valence-electron chi connectivity index (χ4n) is 4.04. The van der Waals surface area contributed by atoms with E-state index in [1.54, 1.807) is 12.1 Å². The van der Waals surface area contributed by atoms with Gasteiger partial charge in [-0.25, -0.2) is 4.79 Å². The van der Waals surface area contributed by atoms with Crippen molar-refractivity contribution < 1.29 is 9.90 Å². The number of urea groups is 1. The number of para-hydroxylation sites is 1. The van der Waals surface area contributed by atoms with Crippen molar-refractivity contribution in [2.45, 2.75) is 38.0 Å². The molecule has 29 heavy (non-hydrogen) atoms. The number of hydrogen-bond acceptors (Lipinski definition) is 2. The van der Waals surface area contributed by atoms with Crippen molar-refractivity contribution >= 4 is 17.4 Å². The van der Waals surface area contributed by atoms with E-state index in [9.17, 15) is 9.90 Å². The average Bonchev–Trinajstić information content (AvgIpc) is 2.76. The lowest BCUT2D eigenvalue weighted by Gasteiger charge is -2.22. The van der Waals surface area contributed by atoms with Crippen molar-refractivity contribution in [2.75, 3.05) is 10.6 Å². The van der Waals surface area contributed by atoms with Gasteiger partial charge in [-0.15, -0.1) is 0 Å². The summed E-state index contributed by atoms with van der Waals surface area (Å²) in [6, 6.07) is 22.7. The Hall–Kier alpha value is -3.27. The fourth-order valence-corrected chi connectivity index (χ4v) is 4.04. The van der Waals surface area contributed by atoms with Gasteiger partial charge in [0.15, 0.2) is 0 Å². The van der Waals surface area contributed by atoms with Crippen molar-refractivity contribution in [1.82, 2.24) is 0 Å². The minimum atomic E-state index is -0.318. The zero-order valence-electron chi connectivity index (χ0n) is 16.4. The van der Waals surface area contributed by atoms with E-state index in [1.165, 1.54) is 49.8 Å². The number of benzene rings is 3. The zero-order valence-corrected chi connectivity index (χ0v) is 16.4. The van der Waals surface area contributed by atoms with E-state index in [2.05, 4.69) is 34.9 Å². The van der Waals surface area contributed by atoms with Gasteiger partial charge in [-0.2, -0.15) is 0 Å². The molecule has 0 radical (unpaired) electrons. The molecule has 0 aromatic heterocycles. The number of phenols is 1. The maximum Gasteiger partial charge on any atom is 0.323 e. The first kappa shape index (κ1) is 19.1. The third-order valence-corrected chi connectivity index (χ3v) is 5.60. The van der Waals surface area contributed by atoms with Crippen LogP contribution in [0.25, 0.3) is 11.1 Å². The predicted octanol–water partition coefficient (Wildman–Crippen LogP) is 6.75. The average molecular weight is 386 g/mol. The molecule has 0 spiro atoms. The molecule has 3 aromatic carbocycles. The molecular formula is C25H26N2O2. The third kappa shape index (κ3) is 4.77. The normalized spacial score (nSPS) is 14.3. The molecular weight excluding hydrogens is 360 g/mol. The summed E-state index contributed by atoms with van der Waals surface area (Å²) < 4.78 is 0. The Balaban J connectivity index is 1.49. The van der Waals surface area contributed by atoms with Crippen LogP contribution in [-0.4, -0.2) is 11.1 Å². The van der Waals surface area contributed by atoms with Crippen LogP contribution >= 0.6 is 0 Å². The fraction of sp³-hybridized carbons (Fsp3) is 0.240. The van der Waals surface area contributed by atoms with Crippen molar-refractivity contribution in [3.8, 4) is 16.9 Å². The SMILES string of the molecule is O=C(Nc1ccc(O)cc1)Nc1ccccc1-c1ccc(C2CCCCC2)cc1. The number of anilines is 2. The maximum atomic E-state index is 12.4. The second-order valence-corrected chi connectivity index (χ2v) is 7.63. The van der Waals surface area contributed by atoms with Crippen LogP contribution in [0.5, 0.6) is 5.75 Å². The van der Waals surface area contributed by atoms with Gasteiger partial charge < -0.3 is 15.7 Å². The molecule has 0 aliphatic heterocycles. The summed E-state index contributed by atoms with van der Waals surface area (Å²) in [6.07, 6.45) is 6.59. The summed E-state index contributed by atoms with van der Waals surface area (Å²) in [5, 5.41) is 15.1. The number of nitrogens with one attached hydrogen (secondary N) is 2. The van der Waals surface area contributed by atoms with Crippen LogP contribution in [-0.2, 0) is 0 Å². The Bertz CT molecular complexity index is 959. The number of carbonyl (C=O) groups is 1. The lowest BCUT2D eigenvalue weighted by Crippen LogP contribution is -2.19. The van der Waals surface area contributed by atoms with Crippen LogP contribution in [0.2, 0.25) is 0 Å². The van der Waals surface area contributed by atoms with E-state index < -0.39 is 0 Å². The number of carbonyl (C=O) groups excluding carboxylic acids is 1. The number of hydrogen-bond donors (Lipinski definition) is 3. The minimum Gasteiger partial charge on any atom is -0.508 e. The Kier molecular flexibility index (Phi) is 5.80. The van der Waals surface area contributed by atoms with E-state index in [4.69, 9.17) is 0 Å². The monoisotopic (exact) mass is 386 g/mol. The summed E-state index contributed by atoms with van der Waals surface area (Å²) in [4.78, 5) is 12.4. The van der Waals surface area contributed by atoms with Crippen LogP contribution in [0.4, 0.5) is 16.2 Å². The predicted molar refractivity (Wildman–Crippen MR) is 118 cm³/mol. The van der Waals surface area contributed by atoms with Gasteiger partial charge >= 0.3 is 6.03 Å². The molecule has 3 N–H and O–H groups in total. The largest absolute Gasteiger partial charge is 0.508 e. The highest BCUT2D eigenvalue weighted by molar-refractivity contribution is 6.02. The van der Waals surface area contributed by atoms with E-state index in [-0.39, 0.29) is 11.8 Å². The second kappa shape index (κ2) is 8.82. The van der Waals surface area contributed by atoms with Crippen molar-refractivity contribution in [3.05, 3.63) is 78.4 Å². The van der Waals surface area contributed by atoms with Crippen molar-refractivity contribution in [2.24, 2.45) is 0 Å². The van der Waals surface area contributed by atoms with Crippen LogP contribution in [0, 0.1) is 0 Å². The van der Waals surface area contributed by atoms with Gasteiger partial charge in [0, 0.05) is 11.3 Å². The number of aromatic hydroxyl groups is 1. The minimum absolute atomic E-state index is 0.165. The Labute approximate surface area is 171 Å². The maximum absolute atomic E-state index is 12.4. The first-order chi connectivity index (χ1) is 14.2. The molecule has 4 nitrogen and oxygen atoms in total. The molecule has 0 heterocycles. The topological polar surface area (TPSA) is 61.4 Å². The van der Waals surface area contributed by atoms with Crippen LogP contribution in [0.15, 0.2) is 72.8 Å². The Morgan fingerprint density at radius 2 is 1.48 bits per heavy atom. The van der Waals surface area contributed by atoms with Crippen LogP contribution < -0.4 is 10.6 Å². The van der Waals surface area contributed by atoms with Gasteiger partial charge in [0.05, 0.1) is 5.69 Å². The first-order valence-electron chi connectivity index (χ1n) is 10.3. The molecule has 2 amide bonds. The van der Waals surface area contributed by atoms with Gasteiger partial charge in [0.2, 0.25) is 0 Å². The standard InChI is InChI=1S/C25H26N2O2/c28-22-16-14-21(15-17-22)26-25(29)27-24-9-5-4-8-23(24)20-12-10-19(11-13-20)18-6-2-1-3-7-18/h4-5,8-18,28H,1-3,6-7H2,(H2,26,27,29). The second-order valence-electron chi connectivity index (χ2n) is 7.63. The molecule has 0 bridgehead atoms. The first-order valence-corrected chi connectivity index (χ1v) is 10.3. The summed E-state index contributed by atoms with van der Waals surface area (Å²) in [6.45, 7) is 0. The van der Waals surface area contributed by atoms with Crippen molar-refractivity contribution in [1.29, 1.82) is 0 Å². The van der Waals surface area contributed by atoms with E-state index >= 15 is 0 Å². The number of rotatable bonds is 4. The smallest absolute Gasteiger partial charge is 0.323 e. The molecule has 0 saturated heterocycles. The number of phenolic OH excluding ortho intramolecular Hbond substituents is 1. The van der Waals surface area contributed by atoms with Gasteiger partial charge in [-0.3, -0.25) is 0 Å². The Morgan fingerprint density at radius 3 is 2.21 bits per heavy atom. The molecule has 1 aliphatic rings. The van der Waals surface area contributed by atoms with E-state index in [1.807, 2.05) is 24.3 Å². The summed E-state index contributed by atoms with van der Waals surface area (Å²) in [7, 11) is 0. The Morgan fingerprint density at radius 1 is 0.793 bits per heavy atom. The quantitative estimate of drug-likeness (QED) is 0.434. The number of amides is 2. The highest BCUT2D eigenvalue weighted by Gasteiger charge is 2.16. The highest BCUT2D eigenvalue weighted by Crippen LogP contribution is 2.34. The molecule has 1 aliphatic carbocycles. The van der Waals surface area contributed by atoms with Gasteiger partial charge in [-0.1, -0.05) is 61.7 Å². The molecule has 4 heteroatoms. The van der Waals surface area contributed by atoms with Crippen LogP contribution in [0.3, 0.4) is 0 Å². The molecule has 148 valence electrons. The molecule has 3 aromatic rings.